The molecular weight excluding hydrogens is 300 g/mol. The molecule has 1 heterocycles. The van der Waals surface area contributed by atoms with Gasteiger partial charge in [0.1, 0.15) is 0 Å². The summed E-state index contributed by atoms with van der Waals surface area (Å²) >= 11 is 0. The minimum atomic E-state index is -0.766. The van der Waals surface area contributed by atoms with Gasteiger partial charge < -0.3 is 10.6 Å². The molecule has 3 atom stereocenters. The summed E-state index contributed by atoms with van der Waals surface area (Å²) in [6, 6.07) is 1.93. The van der Waals surface area contributed by atoms with Gasteiger partial charge in [0.25, 0.3) is 0 Å². The van der Waals surface area contributed by atoms with E-state index in [9.17, 15) is 9.00 Å². The average Bonchev–Trinajstić information content (AvgIpc) is 2.82. The Morgan fingerprint density at radius 1 is 1.50 bits per heavy atom. The van der Waals surface area contributed by atoms with Crippen LogP contribution in [0.25, 0.3) is 0 Å². The van der Waals surface area contributed by atoms with Crippen LogP contribution in [0.5, 0.6) is 0 Å². The highest BCUT2D eigenvalue weighted by Crippen LogP contribution is 2.22. The lowest BCUT2D eigenvalue weighted by Gasteiger charge is -2.29. The molecule has 1 fully saturated rings. The summed E-state index contributed by atoms with van der Waals surface area (Å²) in [7, 11) is 1.10. The van der Waals surface area contributed by atoms with Crippen LogP contribution in [0.3, 0.4) is 0 Å². The van der Waals surface area contributed by atoms with Crippen LogP contribution in [0.4, 0.5) is 4.79 Å². The van der Waals surface area contributed by atoms with Gasteiger partial charge in [-0.1, -0.05) is 13.3 Å². The van der Waals surface area contributed by atoms with Gasteiger partial charge >= 0.3 is 6.03 Å². The van der Waals surface area contributed by atoms with Crippen molar-refractivity contribution in [3.05, 3.63) is 17.5 Å². The highest BCUT2D eigenvalue weighted by molar-refractivity contribution is 7.85. The van der Waals surface area contributed by atoms with Crippen molar-refractivity contribution >= 4 is 16.8 Å². The van der Waals surface area contributed by atoms with Crippen LogP contribution in [0.15, 0.2) is 6.07 Å². The van der Waals surface area contributed by atoms with Crippen LogP contribution in [-0.4, -0.2) is 37.1 Å². The number of hydrogen-bond acceptors (Lipinski definition) is 3. The number of rotatable bonds is 5. The lowest BCUT2D eigenvalue weighted by molar-refractivity contribution is 0.232. The van der Waals surface area contributed by atoms with Crippen molar-refractivity contribution in [2.45, 2.75) is 57.4 Å². The third-order valence-corrected chi connectivity index (χ3v) is 5.89. The first-order chi connectivity index (χ1) is 10.5. The Hall–Kier alpha value is -1.37. The van der Waals surface area contributed by atoms with E-state index in [0.717, 1.165) is 37.1 Å². The average molecular weight is 326 g/mol. The number of nitrogens with one attached hydrogen (secondary N) is 2. The van der Waals surface area contributed by atoms with E-state index in [1.807, 2.05) is 27.0 Å². The summed E-state index contributed by atoms with van der Waals surface area (Å²) in [4.78, 5) is 12.0. The zero-order valence-corrected chi connectivity index (χ0v) is 14.4. The molecule has 1 aliphatic rings. The largest absolute Gasteiger partial charge is 0.335 e. The van der Waals surface area contributed by atoms with Gasteiger partial charge in [-0.25, -0.2) is 4.79 Å². The van der Waals surface area contributed by atoms with Crippen LogP contribution in [0.2, 0.25) is 0 Å². The Bertz CT molecular complexity index is 544. The molecule has 0 saturated heterocycles. The van der Waals surface area contributed by atoms with Crippen molar-refractivity contribution in [1.82, 2.24) is 20.4 Å². The monoisotopic (exact) mass is 326 g/mol. The highest BCUT2D eigenvalue weighted by Gasteiger charge is 2.26. The zero-order chi connectivity index (χ0) is 16.1. The van der Waals surface area contributed by atoms with E-state index in [2.05, 4.69) is 15.7 Å². The lowest BCUT2D eigenvalue weighted by Crippen LogP contribution is -2.45. The van der Waals surface area contributed by atoms with Crippen LogP contribution in [0.1, 0.15) is 44.0 Å². The summed E-state index contributed by atoms with van der Waals surface area (Å²) in [6.07, 6.45) is 3.82. The van der Waals surface area contributed by atoms with Gasteiger partial charge in [-0.2, -0.15) is 5.10 Å². The molecule has 2 rings (SSSR count). The summed E-state index contributed by atoms with van der Waals surface area (Å²) in [5.74, 6) is 0.698. The zero-order valence-electron chi connectivity index (χ0n) is 13.6. The molecule has 0 bridgehead atoms. The number of aryl methyl sites for hydroxylation is 2. The molecule has 2 N–H and O–H groups in total. The van der Waals surface area contributed by atoms with Crippen molar-refractivity contribution in [1.29, 1.82) is 0 Å². The third-order valence-electron chi connectivity index (χ3n) is 4.15. The SMILES string of the molecule is CCS(=O)C1CCCC(NC(=O)NCc2cc(C)nn2C)C1. The van der Waals surface area contributed by atoms with Crippen molar-refractivity contribution in [3.63, 3.8) is 0 Å². The van der Waals surface area contributed by atoms with E-state index >= 15 is 0 Å². The van der Waals surface area contributed by atoms with E-state index in [4.69, 9.17) is 0 Å². The Morgan fingerprint density at radius 3 is 2.91 bits per heavy atom. The number of hydrogen-bond donors (Lipinski definition) is 2. The first-order valence-corrected chi connectivity index (χ1v) is 9.28. The molecule has 2 amide bonds. The summed E-state index contributed by atoms with van der Waals surface area (Å²) in [5, 5.41) is 10.4. The first kappa shape index (κ1) is 17.0. The van der Waals surface area contributed by atoms with Gasteiger partial charge in [-0.3, -0.25) is 8.89 Å². The minimum Gasteiger partial charge on any atom is -0.335 e. The molecule has 0 aromatic carbocycles. The van der Waals surface area contributed by atoms with Gasteiger partial charge in [-0.05, 0) is 32.3 Å². The standard InChI is InChI=1S/C15H26N4O2S/c1-4-22(21)14-7-5-6-12(9-14)17-15(20)16-10-13-8-11(2)18-19(13)3/h8,12,14H,4-7,9-10H2,1-3H3,(H2,16,17,20). The van der Waals surface area contributed by atoms with Crippen molar-refractivity contribution in [3.8, 4) is 0 Å². The fraction of sp³-hybridized carbons (Fsp3) is 0.733. The molecular formula is C15H26N4O2S. The number of carbonyl (C=O) groups excluding carboxylic acids is 1. The fourth-order valence-electron chi connectivity index (χ4n) is 2.99. The van der Waals surface area contributed by atoms with Crippen molar-refractivity contribution in [2.75, 3.05) is 5.75 Å². The normalized spacial score (nSPS) is 23.0. The van der Waals surface area contributed by atoms with Crippen LogP contribution < -0.4 is 10.6 Å². The second-order valence-electron chi connectivity index (χ2n) is 5.88. The van der Waals surface area contributed by atoms with Crippen LogP contribution in [-0.2, 0) is 24.4 Å². The van der Waals surface area contributed by atoms with E-state index in [1.165, 1.54) is 0 Å². The van der Waals surface area contributed by atoms with Gasteiger partial charge in [-0.15, -0.1) is 0 Å². The maximum atomic E-state index is 12.0. The molecule has 1 aromatic heterocycles. The molecule has 0 radical (unpaired) electrons. The molecule has 124 valence electrons. The molecule has 0 aliphatic heterocycles. The van der Waals surface area contributed by atoms with Gasteiger partial charge in [0.15, 0.2) is 0 Å². The van der Waals surface area contributed by atoms with Crippen LogP contribution in [0, 0.1) is 6.92 Å². The molecule has 1 aromatic rings. The summed E-state index contributed by atoms with van der Waals surface area (Å²) < 4.78 is 13.7. The summed E-state index contributed by atoms with van der Waals surface area (Å²) in [5.41, 5.74) is 1.91. The lowest BCUT2D eigenvalue weighted by atomic mass is 9.95. The maximum Gasteiger partial charge on any atom is 0.315 e. The molecule has 22 heavy (non-hydrogen) atoms. The van der Waals surface area contributed by atoms with Crippen LogP contribution >= 0.6 is 0 Å². The molecule has 0 spiro atoms. The number of urea groups is 1. The van der Waals surface area contributed by atoms with E-state index in [-0.39, 0.29) is 17.3 Å². The van der Waals surface area contributed by atoms with Crippen molar-refractivity contribution < 1.29 is 9.00 Å². The minimum absolute atomic E-state index is 0.127. The van der Waals surface area contributed by atoms with Crippen molar-refractivity contribution in [2.24, 2.45) is 7.05 Å². The van der Waals surface area contributed by atoms with E-state index in [1.54, 1.807) is 4.68 Å². The van der Waals surface area contributed by atoms with E-state index < -0.39 is 10.8 Å². The Kier molecular flexibility index (Phi) is 5.99. The molecule has 1 saturated carbocycles. The Balaban J connectivity index is 1.79. The second kappa shape index (κ2) is 7.76. The smallest absolute Gasteiger partial charge is 0.315 e. The Morgan fingerprint density at radius 2 is 2.27 bits per heavy atom. The Labute approximate surface area is 134 Å². The number of aromatic nitrogens is 2. The third kappa shape index (κ3) is 4.56. The molecule has 1 aliphatic carbocycles. The quantitative estimate of drug-likeness (QED) is 0.863. The number of amides is 2. The number of nitrogens with zero attached hydrogens (tertiary/aromatic N) is 2. The molecule has 6 nitrogen and oxygen atoms in total. The fourth-order valence-corrected chi connectivity index (χ4v) is 4.34. The maximum absolute atomic E-state index is 12.0. The van der Waals surface area contributed by atoms with Gasteiger partial charge in [0.2, 0.25) is 0 Å². The van der Waals surface area contributed by atoms with Gasteiger partial charge in [0, 0.05) is 34.9 Å². The molecule has 7 heteroatoms. The molecule has 3 unspecified atom stereocenters. The number of carbonyl (C=O) groups is 1. The topological polar surface area (TPSA) is 76.0 Å². The van der Waals surface area contributed by atoms with Gasteiger partial charge in [0.05, 0.1) is 17.9 Å². The first-order valence-electron chi connectivity index (χ1n) is 7.90. The van der Waals surface area contributed by atoms with E-state index in [0.29, 0.717) is 12.3 Å². The second-order valence-corrected chi connectivity index (χ2v) is 7.89. The highest BCUT2D eigenvalue weighted by atomic mass is 32.2. The predicted octanol–water partition coefficient (Wildman–Crippen LogP) is 1.61. The predicted molar refractivity (Wildman–Crippen MR) is 88.0 cm³/mol. The summed E-state index contributed by atoms with van der Waals surface area (Å²) in [6.45, 7) is 4.34.